The van der Waals surface area contributed by atoms with Crippen molar-refractivity contribution in [3.63, 3.8) is 0 Å². The Morgan fingerprint density at radius 2 is 1.76 bits per heavy atom. The molecule has 0 radical (unpaired) electrons. The van der Waals surface area contributed by atoms with E-state index in [1.54, 1.807) is 24.3 Å². The van der Waals surface area contributed by atoms with Gasteiger partial charge in [-0.1, -0.05) is 63.8 Å². The molecule has 0 aromatic heterocycles. The number of halogens is 3. The topological polar surface area (TPSA) is 92.8 Å². The molecule has 1 saturated heterocycles. The van der Waals surface area contributed by atoms with Crippen LogP contribution in [0.15, 0.2) is 70.0 Å². The van der Waals surface area contributed by atoms with Crippen LogP contribution in [0.3, 0.4) is 0 Å². The Kier molecular flexibility index (Phi) is 9.15. The summed E-state index contributed by atoms with van der Waals surface area (Å²) in [5.74, 6) is 0.429. The third-order valence-electron chi connectivity index (χ3n) is 6.22. The first kappa shape index (κ1) is 28.6. The number of ketones is 1. The van der Waals surface area contributed by atoms with Gasteiger partial charge in [0.1, 0.15) is 17.5 Å². The van der Waals surface area contributed by atoms with Crippen LogP contribution in [0, 0.1) is 0 Å². The number of sulfonamides is 1. The molecule has 3 aromatic rings. The molecule has 1 atom stereocenters. The number of hydrogen-bond donors (Lipinski definition) is 1. The lowest BCUT2D eigenvalue weighted by Crippen LogP contribution is -2.51. The average Bonchev–Trinajstić information content (AvgIpc) is 2.90. The number of nitrogens with zero attached hydrogens (tertiary/aromatic N) is 1. The van der Waals surface area contributed by atoms with Crippen molar-refractivity contribution < 1.29 is 22.7 Å². The molecule has 1 aliphatic heterocycles. The first-order valence-electron chi connectivity index (χ1n) is 11.9. The smallest absolute Gasteiger partial charge is 0.243 e. The van der Waals surface area contributed by atoms with Crippen molar-refractivity contribution in [2.45, 2.75) is 43.7 Å². The fraction of sp³-hybridized carbons (Fsp3) is 0.259. The van der Waals surface area contributed by atoms with Crippen LogP contribution < -0.4 is 10.1 Å². The van der Waals surface area contributed by atoms with E-state index < -0.39 is 22.0 Å². The van der Waals surface area contributed by atoms with Crippen LogP contribution in [0.2, 0.25) is 10.0 Å². The molecule has 0 saturated carbocycles. The maximum absolute atomic E-state index is 13.4. The Bertz CT molecular complexity index is 1460. The summed E-state index contributed by atoms with van der Waals surface area (Å²) < 4.78 is 34.9. The highest BCUT2D eigenvalue weighted by Crippen LogP contribution is 2.33. The van der Waals surface area contributed by atoms with Gasteiger partial charge in [-0.2, -0.15) is 4.31 Å². The van der Waals surface area contributed by atoms with Crippen molar-refractivity contribution in [3.05, 3.63) is 86.3 Å². The predicted molar refractivity (Wildman–Crippen MR) is 151 cm³/mol. The molecule has 7 nitrogen and oxygen atoms in total. The first-order chi connectivity index (χ1) is 18.1. The van der Waals surface area contributed by atoms with Crippen LogP contribution in [0.4, 0.5) is 0 Å². The maximum atomic E-state index is 13.4. The lowest BCUT2D eigenvalue weighted by molar-refractivity contribution is -0.125. The van der Waals surface area contributed by atoms with Crippen molar-refractivity contribution in [1.29, 1.82) is 0 Å². The molecule has 11 heteroatoms. The second-order valence-corrected chi connectivity index (χ2v) is 12.5. The SMILES string of the molecule is CC(=O)c1ccc(S(=O)(=O)N2CCCCC2C(=O)NCc2ccc(Br)cc2Oc2ccc(Cl)c(Cl)c2)cc1. The van der Waals surface area contributed by atoms with E-state index in [1.807, 2.05) is 12.1 Å². The van der Waals surface area contributed by atoms with Crippen LogP contribution in [-0.2, 0) is 21.4 Å². The van der Waals surface area contributed by atoms with E-state index in [0.29, 0.717) is 45.5 Å². The van der Waals surface area contributed by atoms with E-state index in [1.165, 1.54) is 35.5 Å². The molecule has 1 amide bonds. The Morgan fingerprint density at radius 3 is 2.45 bits per heavy atom. The minimum absolute atomic E-state index is 0.0485. The molecule has 1 aliphatic rings. The third-order valence-corrected chi connectivity index (χ3v) is 9.38. The molecule has 3 aromatic carbocycles. The van der Waals surface area contributed by atoms with E-state index >= 15 is 0 Å². The van der Waals surface area contributed by atoms with Gasteiger partial charge in [0.25, 0.3) is 0 Å². The predicted octanol–water partition coefficient (Wildman–Crippen LogP) is 6.61. The molecular formula is C27H25BrCl2N2O5S. The Hall–Kier alpha value is -2.43. The fourth-order valence-electron chi connectivity index (χ4n) is 4.19. The van der Waals surface area contributed by atoms with Gasteiger partial charge in [0.05, 0.1) is 14.9 Å². The molecule has 1 fully saturated rings. The Morgan fingerprint density at radius 1 is 1.03 bits per heavy atom. The van der Waals surface area contributed by atoms with Gasteiger partial charge in [-0.15, -0.1) is 0 Å². The zero-order valence-corrected chi connectivity index (χ0v) is 24.3. The minimum atomic E-state index is -3.94. The van der Waals surface area contributed by atoms with E-state index in [4.69, 9.17) is 27.9 Å². The summed E-state index contributed by atoms with van der Waals surface area (Å²) in [5, 5.41) is 3.64. The summed E-state index contributed by atoms with van der Waals surface area (Å²) in [4.78, 5) is 24.9. The van der Waals surface area contributed by atoms with Crippen molar-refractivity contribution in [2.75, 3.05) is 6.54 Å². The zero-order valence-electron chi connectivity index (χ0n) is 20.4. The number of hydrogen-bond acceptors (Lipinski definition) is 5. The lowest BCUT2D eigenvalue weighted by Gasteiger charge is -2.33. The van der Waals surface area contributed by atoms with Crippen molar-refractivity contribution in [3.8, 4) is 11.5 Å². The number of amides is 1. The second kappa shape index (κ2) is 12.2. The normalized spacial score (nSPS) is 16.2. The number of nitrogens with one attached hydrogen (secondary N) is 1. The van der Waals surface area contributed by atoms with Gasteiger partial charge in [-0.25, -0.2) is 8.42 Å². The largest absolute Gasteiger partial charge is 0.457 e. The molecule has 0 spiro atoms. The highest BCUT2D eigenvalue weighted by molar-refractivity contribution is 9.10. The van der Waals surface area contributed by atoms with Crippen LogP contribution in [-0.4, -0.2) is 37.0 Å². The van der Waals surface area contributed by atoms with E-state index in [9.17, 15) is 18.0 Å². The minimum Gasteiger partial charge on any atom is -0.457 e. The Labute approximate surface area is 240 Å². The molecule has 0 aliphatic carbocycles. The summed E-state index contributed by atoms with van der Waals surface area (Å²) in [6.45, 7) is 1.78. The summed E-state index contributed by atoms with van der Waals surface area (Å²) in [7, 11) is -3.94. The number of carbonyl (C=O) groups excluding carboxylic acids is 2. The lowest BCUT2D eigenvalue weighted by atomic mass is 10.0. The van der Waals surface area contributed by atoms with Crippen molar-refractivity contribution in [1.82, 2.24) is 9.62 Å². The fourth-order valence-corrected chi connectivity index (χ4v) is 6.47. The molecule has 1 heterocycles. The Balaban J connectivity index is 1.51. The quantitative estimate of drug-likeness (QED) is 0.280. The monoisotopic (exact) mass is 638 g/mol. The number of Topliss-reactive ketones (excluding diaryl/α,β-unsaturated/α-hetero) is 1. The summed E-state index contributed by atoms with van der Waals surface area (Å²) in [5.41, 5.74) is 1.11. The number of carbonyl (C=O) groups is 2. The molecule has 1 unspecified atom stereocenters. The average molecular weight is 640 g/mol. The highest BCUT2D eigenvalue weighted by atomic mass is 79.9. The van der Waals surface area contributed by atoms with Crippen LogP contribution >= 0.6 is 39.1 Å². The zero-order chi connectivity index (χ0) is 27.4. The van der Waals surface area contributed by atoms with Gasteiger partial charge in [0.2, 0.25) is 15.9 Å². The number of ether oxygens (including phenoxy) is 1. The standard InChI is InChI=1S/C27H25BrCl2N2O5S/c1-17(33)18-6-10-22(11-7-18)38(35,36)32-13-3-2-4-25(32)27(34)31-16-19-5-8-20(28)14-26(19)37-21-9-12-23(29)24(30)15-21/h5-12,14-15,25H,2-4,13,16H2,1H3,(H,31,34). The van der Waals surface area contributed by atoms with Crippen LogP contribution in [0.5, 0.6) is 11.5 Å². The molecule has 4 rings (SSSR count). The summed E-state index contributed by atoms with van der Waals surface area (Å²) in [6, 6.07) is 15.2. The maximum Gasteiger partial charge on any atom is 0.243 e. The van der Waals surface area contributed by atoms with Gasteiger partial charge in [0, 0.05) is 34.8 Å². The summed E-state index contributed by atoms with van der Waals surface area (Å²) in [6.07, 6.45) is 1.80. The van der Waals surface area contributed by atoms with Crippen molar-refractivity contribution >= 4 is 60.8 Å². The van der Waals surface area contributed by atoms with Gasteiger partial charge in [0.15, 0.2) is 5.78 Å². The number of piperidine rings is 1. The highest BCUT2D eigenvalue weighted by Gasteiger charge is 2.37. The van der Waals surface area contributed by atoms with Gasteiger partial charge in [-0.3, -0.25) is 9.59 Å². The molecule has 200 valence electrons. The molecular weight excluding hydrogens is 615 g/mol. The van der Waals surface area contributed by atoms with E-state index in [-0.39, 0.29) is 23.8 Å². The van der Waals surface area contributed by atoms with E-state index in [0.717, 1.165) is 10.9 Å². The van der Waals surface area contributed by atoms with Crippen LogP contribution in [0.25, 0.3) is 0 Å². The molecule has 1 N–H and O–H groups in total. The first-order valence-corrected chi connectivity index (χ1v) is 14.9. The number of rotatable bonds is 8. The number of benzene rings is 3. The van der Waals surface area contributed by atoms with Crippen LogP contribution in [0.1, 0.15) is 42.1 Å². The van der Waals surface area contributed by atoms with E-state index in [2.05, 4.69) is 21.2 Å². The van der Waals surface area contributed by atoms with Gasteiger partial charge >= 0.3 is 0 Å². The van der Waals surface area contributed by atoms with Gasteiger partial charge in [-0.05, 0) is 56.2 Å². The molecule has 38 heavy (non-hydrogen) atoms. The molecule has 0 bridgehead atoms. The third kappa shape index (κ3) is 6.58. The van der Waals surface area contributed by atoms with Crippen molar-refractivity contribution in [2.24, 2.45) is 0 Å². The van der Waals surface area contributed by atoms with Gasteiger partial charge < -0.3 is 10.1 Å². The summed E-state index contributed by atoms with van der Waals surface area (Å²) >= 11 is 15.5. The second-order valence-electron chi connectivity index (χ2n) is 8.86.